The van der Waals surface area contributed by atoms with Crippen molar-refractivity contribution in [1.29, 1.82) is 0 Å². The summed E-state index contributed by atoms with van der Waals surface area (Å²) in [5.41, 5.74) is 1.30. The lowest BCUT2D eigenvalue weighted by atomic mass is 10.0. The number of urea groups is 1. The van der Waals surface area contributed by atoms with Gasteiger partial charge in [0.15, 0.2) is 0 Å². The molecule has 1 saturated heterocycles. The van der Waals surface area contributed by atoms with Crippen molar-refractivity contribution in [3.8, 4) is 0 Å². The molecule has 138 valence electrons. The van der Waals surface area contributed by atoms with E-state index in [1.54, 1.807) is 0 Å². The second kappa shape index (κ2) is 10.7. The average molecular weight is 346 g/mol. The molecule has 0 radical (unpaired) electrons. The number of carbonyl (C=O) groups is 2. The van der Waals surface area contributed by atoms with Crippen molar-refractivity contribution in [1.82, 2.24) is 20.9 Å². The van der Waals surface area contributed by atoms with Crippen LogP contribution in [0.4, 0.5) is 4.79 Å². The maximum absolute atomic E-state index is 11.9. The fourth-order valence-electron chi connectivity index (χ4n) is 3.08. The molecule has 3 N–H and O–H groups in total. The van der Waals surface area contributed by atoms with Gasteiger partial charge in [-0.1, -0.05) is 43.7 Å². The Bertz CT molecular complexity index is 535. The Labute approximate surface area is 150 Å². The van der Waals surface area contributed by atoms with E-state index in [4.69, 9.17) is 0 Å². The molecule has 6 heteroatoms. The van der Waals surface area contributed by atoms with Gasteiger partial charge in [-0.05, 0) is 31.4 Å². The Balaban J connectivity index is 1.73. The molecule has 2 rings (SSSR count). The zero-order valence-electron chi connectivity index (χ0n) is 15.1. The Morgan fingerprint density at radius 1 is 1.12 bits per heavy atom. The van der Waals surface area contributed by atoms with E-state index in [2.05, 4.69) is 45.1 Å². The lowest BCUT2D eigenvalue weighted by molar-refractivity contribution is -0.120. The minimum absolute atomic E-state index is 0.0181. The minimum atomic E-state index is -0.281. The van der Waals surface area contributed by atoms with Crippen LogP contribution in [0, 0.1) is 0 Å². The third kappa shape index (κ3) is 7.13. The van der Waals surface area contributed by atoms with Crippen LogP contribution in [0.25, 0.3) is 0 Å². The molecule has 1 atom stereocenters. The Kier molecular flexibility index (Phi) is 8.25. The van der Waals surface area contributed by atoms with Crippen molar-refractivity contribution in [3.05, 3.63) is 35.9 Å². The lowest BCUT2D eigenvalue weighted by Crippen LogP contribution is -2.49. The summed E-state index contributed by atoms with van der Waals surface area (Å²) in [6, 6.07) is 10.5. The van der Waals surface area contributed by atoms with Crippen molar-refractivity contribution < 1.29 is 9.59 Å². The fourth-order valence-corrected chi connectivity index (χ4v) is 3.08. The predicted molar refractivity (Wildman–Crippen MR) is 99.2 cm³/mol. The number of benzene rings is 1. The number of hydrogen-bond acceptors (Lipinski definition) is 3. The Morgan fingerprint density at radius 2 is 1.92 bits per heavy atom. The van der Waals surface area contributed by atoms with E-state index >= 15 is 0 Å². The van der Waals surface area contributed by atoms with Gasteiger partial charge in [0.05, 0.1) is 6.54 Å². The molecule has 0 aromatic heterocycles. The maximum Gasteiger partial charge on any atom is 0.315 e. The molecule has 1 aromatic rings. The molecule has 1 unspecified atom stereocenters. The van der Waals surface area contributed by atoms with E-state index in [0.717, 1.165) is 25.9 Å². The van der Waals surface area contributed by atoms with E-state index < -0.39 is 0 Å². The van der Waals surface area contributed by atoms with Gasteiger partial charge in [-0.25, -0.2) is 4.79 Å². The smallest absolute Gasteiger partial charge is 0.315 e. The fraction of sp³-hybridized carbons (Fsp3) is 0.579. The van der Waals surface area contributed by atoms with Crippen LogP contribution >= 0.6 is 0 Å². The molecule has 6 nitrogen and oxygen atoms in total. The molecule has 0 spiro atoms. The number of carbonyl (C=O) groups excluding carboxylic acids is 2. The summed E-state index contributed by atoms with van der Waals surface area (Å²) in [7, 11) is 0. The van der Waals surface area contributed by atoms with Gasteiger partial charge in [0.1, 0.15) is 0 Å². The number of hydrogen-bond donors (Lipinski definition) is 3. The zero-order chi connectivity index (χ0) is 17.9. The number of amides is 3. The van der Waals surface area contributed by atoms with E-state index in [0.29, 0.717) is 19.1 Å². The first kappa shape index (κ1) is 19.2. The van der Waals surface area contributed by atoms with Crippen LogP contribution in [-0.2, 0) is 11.3 Å². The molecule has 1 fully saturated rings. The first-order valence-electron chi connectivity index (χ1n) is 9.25. The van der Waals surface area contributed by atoms with Crippen LogP contribution < -0.4 is 16.0 Å². The quantitative estimate of drug-likeness (QED) is 0.673. The van der Waals surface area contributed by atoms with Crippen molar-refractivity contribution in [3.63, 3.8) is 0 Å². The molecule has 0 bridgehead atoms. The summed E-state index contributed by atoms with van der Waals surface area (Å²) < 4.78 is 0. The van der Waals surface area contributed by atoms with Crippen molar-refractivity contribution >= 4 is 11.9 Å². The summed E-state index contributed by atoms with van der Waals surface area (Å²) >= 11 is 0. The van der Waals surface area contributed by atoms with E-state index in [-0.39, 0.29) is 18.5 Å². The average Bonchev–Trinajstić information content (AvgIpc) is 2.64. The highest BCUT2D eigenvalue weighted by Gasteiger charge is 2.22. The number of piperidine rings is 1. The maximum atomic E-state index is 11.9. The molecule has 1 aliphatic heterocycles. The Morgan fingerprint density at radius 3 is 2.68 bits per heavy atom. The Hall–Kier alpha value is -2.08. The largest absolute Gasteiger partial charge is 0.355 e. The van der Waals surface area contributed by atoms with E-state index in [1.165, 1.54) is 18.4 Å². The van der Waals surface area contributed by atoms with Crippen LogP contribution in [-0.4, -0.2) is 49.1 Å². The third-order valence-electron chi connectivity index (χ3n) is 4.46. The van der Waals surface area contributed by atoms with Crippen molar-refractivity contribution in [2.24, 2.45) is 0 Å². The number of nitrogens with zero attached hydrogens (tertiary/aromatic N) is 1. The highest BCUT2D eigenvalue weighted by atomic mass is 16.2. The van der Waals surface area contributed by atoms with Gasteiger partial charge in [-0.15, -0.1) is 0 Å². The van der Waals surface area contributed by atoms with Crippen molar-refractivity contribution in [2.75, 3.05) is 26.2 Å². The van der Waals surface area contributed by atoms with Gasteiger partial charge < -0.3 is 16.0 Å². The van der Waals surface area contributed by atoms with Crippen LogP contribution in [0.2, 0.25) is 0 Å². The molecule has 1 aliphatic rings. The van der Waals surface area contributed by atoms with Gasteiger partial charge >= 0.3 is 6.03 Å². The molecule has 1 heterocycles. The monoisotopic (exact) mass is 346 g/mol. The highest BCUT2D eigenvalue weighted by molar-refractivity contribution is 5.83. The van der Waals surface area contributed by atoms with Gasteiger partial charge in [-0.2, -0.15) is 0 Å². The summed E-state index contributed by atoms with van der Waals surface area (Å²) in [6.45, 7) is 5.22. The predicted octanol–water partition coefficient (Wildman–Crippen LogP) is 1.87. The summed E-state index contributed by atoms with van der Waals surface area (Å²) in [4.78, 5) is 25.9. The number of likely N-dealkylation sites (tertiary alicyclic amines) is 1. The summed E-state index contributed by atoms with van der Waals surface area (Å²) in [6.07, 6.45) is 4.37. The van der Waals surface area contributed by atoms with Gasteiger partial charge in [0.25, 0.3) is 0 Å². The molecular weight excluding hydrogens is 316 g/mol. The molecule has 0 saturated carbocycles. The van der Waals surface area contributed by atoms with Crippen LogP contribution in [0.1, 0.15) is 38.2 Å². The SMILES string of the molecule is CCCNC(=O)CNC(=O)NCC1CCCCN1Cc1ccccc1. The molecular formula is C19H30N4O2. The standard InChI is InChI=1S/C19H30N4O2/c1-2-11-20-18(24)14-22-19(25)21-13-17-10-6-7-12-23(17)15-16-8-4-3-5-9-16/h3-5,8-9,17H,2,6-7,10-15H2,1H3,(H,20,24)(H2,21,22,25). The second-order valence-corrected chi connectivity index (χ2v) is 6.52. The normalized spacial score (nSPS) is 17.7. The van der Waals surface area contributed by atoms with Crippen LogP contribution in [0.5, 0.6) is 0 Å². The molecule has 3 amide bonds. The summed E-state index contributed by atoms with van der Waals surface area (Å²) in [5, 5.41) is 8.26. The molecule has 25 heavy (non-hydrogen) atoms. The third-order valence-corrected chi connectivity index (χ3v) is 4.46. The highest BCUT2D eigenvalue weighted by Crippen LogP contribution is 2.19. The van der Waals surface area contributed by atoms with Crippen LogP contribution in [0.3, 0.4) is 0 Å². The van der Waals surface area contributed by atoms with Gasteiger partial charge in [-0.3, -0.25) is 9.69 Å². The molecule has 1 aromatic carbocycles. The lowest BCUT2D eigenvalue weighted by Gasteiger charge is -2.35. The van der Waals surface area contributed by atoms with Gasteiger partial charge in [0, 0.05) is 25.7 Å². The van der Waals surface area contributed by atoms with Crippen LogP contribution in [0.15, 0.2) is 30.3 Å². The number of nitrogens with one attached hydrogen (secondary N) is 3. The second-order valence-electron chi connectivity index (χ2n) is 6.52. The van der Waals surface area contributed by atoms with E-state index in [9.17, 15) is 9.59 Å². The first-order chi connectivity index (χ1) is 12.2. The zero-order valence-corrected chi connectivity index (χ0v) is 15.1. The van der Waals surface area contributed by atoms with Gasteiger partial charge in [0.2, 0.25) is 5.91 Å². The summed E-state index contributed by atoms with van der Waals surface area (Å²) in [5.74, 6) is -0.152. The number of rotatable bonds is 8. The first-order valence-corrected chi connectivity index (χ1v) is 9.25. The molecule has 0 aliphatic carbocycles. The topological polar surface area (TPSA) is 73.5 Å². The minimum Gasteiger partial charge on any atom is -0.355 e. The van der Waals surface area contributed by atoms with E-state index in [1.807, 2.05) is 13.0 Å². The van der Waals surface area contributed by atoms with Crippen molar-refractivity contribution in [2.45, 2.75) is 45.2 Å².